The Kier molecular flexibility index (Phi) is 3.50. The number of aromatic amines is 1. The van der Waals surface area contributed by atoms with Crippen LogP contribution in [-0.4, -0.2) is 18.1 Å². The maximum atomic E-state index is 8.59. The van der Waals surface area contributed by atoms with E-state index in [1.165, 1.54) is 0 Å². The van der Waals surface area contributed by atoms with E-state index in [-0.39, 0.29) is 6.04 Å². The Labute approximate surface area is 77.7 Å². The predicted octanol–water partition coefficient (Wildman–Crippen LogP) is 0.496. The molecule has 4 N–H and O–H groups in total. The van der Waals surface area contributed by atoms with Crippen LogP contribution in [0.15, 0.2) is 12.3 Å². The zero-order chi connectivity index (χ0) is 9.68. The number of nitrogens with one attached hydrogen (secondary N) is 2. The van der Waals surface area contributed by atoms with Gasteiger partial charge in [-0.1, -0.05) is 0 Å². The van der Waals surface area contributed by atoms with Gasteiger partial charge in [-0.05, 0) is 18.6 Å². The predicted molar refractivity (Wildman–Crippen MR) is 51.0 cm³/mol. The number of H-pyrrole nitrogens is 1. The van der Waals surface area contributed by atoms with E-state index < -0.39 is 0 Å². The molecule has 13 heavy (non-hydrogen) atoms. The number of nitriles is 1. The Morgan fingerprint density at radius 2 is 2.54 bits per heavy atom. The van der Waals surface area contributed by atoms with Crippen LogP contribution in [0.25, 0.3) is 0 Å². The van der Waals surface area contributed by atoms with Crippen molar-refractivity contribution in [3.8, 4) is 6.07 Å². The van der Waals surface area contributed by atoms with Gasteiger partial charge in [-0.15, -0.1) is 0 Å². The van der Waals surface area contributed by atoms with E-state index >= 15 is 0 Å². The SMILES string of the molecule is CC(NCCN)c1c[nH]c(C#N)c1. The third-order valence-corrected chi connectivity index (χ3v) is 1.92. The zero-order valence-corrected chi connectivity index (χ0v) is 7.67. The maximum absolute atomic E-state index is 8.59. The summed E-state index contributed by atoms with van der Waals surface area (Å²) in [6, 6.07) is 4.13. The first kappa shape index (κ1) is 9.78. The second-order valence-corrected chi connectivity index (χ2v) is 2.92. The summed E-state index contributed by atoms with van der Waals surface area (Å²) in [5.41, 5.74) is 7.05. The molecule has 0 spiro atoms. The van der Waals surface area contributed by atoms with Crippen molar-refractivity contribution in [3.05, 3.63) is 23.5 Å². The number of aromatic nitrogens is 1. The van der Waals surface area contributed by atoms with Gasteiger partial charge in [-0.25, -0.2) is 0 Å². The number of hydrogen-bond donors (Lipinski definition) is 3. The Morgan fingerprint density at radius 3 is 3.08 bits per heavy atom. The monoisotopic (exact) mass is 178 g/mol. The Hall–Kier alpha value is -1.31. The lowest BCUT2D eigenvalue weighted by Gasteiger charge is -2.10. The summed E-state index contributed by atoms with van der Waals surface area (Å²) < 4.78 is 0. The van der Waals surface area contributed by atoms with Gasteiger partial charge in [0.05, 0.1) is 0 Å². The van der Waals surface area contributed by atoms with Gasteiger partial charge in [0.15, 0.2) is 0 Å². The highest BCUT2D eigenvalue weighted by atomic mass is 14.9. The van der Waals surface area contributed by atoms with E-state index in [1.807, 2.05) is 19.2 Å². The van der Waals surface area contributed by atoms with Gasteiger partial charge in [-0.2, -0.15) is 5.26 Å². The molecule has 0 aliphatic heterocycles. The maximum Gasteiger partial charge on any atom is 0.117 e. The second-order valence-electron chi connectivity index (χ2n) is 2.92. The third kappa shape index (κ3) is 2.58. The standard InChI is InChI=1S/C9H14N4/c1-7(12-3-2-10)8-4-9(5-11)13-6-8/h4,6-7,12-13H,2-3,10H2,1H3. The molecule has 4 nitrogen and oxygen atoms in total. The van der Waals surface area contributed by atoms with Crippen LogP contribution in [0, 0.1) is 11.3 Å². The molecule has 70 valence electrons. The number of nitrogens with zero attached hydrogens (tertiary/aromatic N) is 1. The third-order valence-electron chi connectivity index (χ3n) is 1.92. The molecule has 1 atom stereocenters. The summed E-state index contributed by atoms with van der Waals surface area (Å²) in [5, 5.41) is 11.8. The van der Waals surface area contributed by atoms with E-state index in [9.17, 15) is 0 Å². The van der Waals surface area contributed by atoms with Crippen molar-refractivity contribution in [3.63, 3.8) is 0 Å². The van der Waals surface area contributed by atoms with Crippen molar-refractivity contribution in [1.29, 1.82) is 5.26 Å². The molecule has 0 bridgehead atoms. The number of nitrogens with two attached hydrogens (primary N) is 1. The first-order chi connectivity index (χ1) is 6.27. The van der Waals surface area contributed by atoms with Gasteiger partial charge in [0.25, 0.3) is 0 Å². The van der Waals surface area contributed by atoms with Crippen LogP contribution in [0.4, 0.5) is 0 Å². The molecular weight excluding hydrogens is 164 g/mol. The summed E-state index contributed by atoms with van der Waals surface area (Å²) in [7, 11) is 0. The van der Waals surface area contributed by atoms with E-state index in [4.69, 9.17) is 11.0 Å². The highest BCUT2D eigenvalue weighted by molar-refractivity contribution is 5.28. The average molecular weight is 178 g/mol. The highest BCUT2D eigenvalue weighted by Gasteiger charge is 2.05. The van der Waals surface area contributed by atoms with Gasteiger partial charge >= 0.3 is 0 Å². The minimum absolute atomic E-state index is 0.238. The van der Waals surface area contributed by atoms with Gasteiger partial charge < -0.3 is 16.0 Å². The highest BCUT2D eigenvalue weighted by Crippen LogP contribution is 2.12. The quantitative estimate of drug-likeness (QED) is 0.628. The lowest BCUT2D eigenvalue weighted by Crippen LogP contribution is -2.25. The Balaban J connectivity index is 2.56. The van der Waals surface area contributed by atoms with E-state index in [0.29, 0.717) is 12.2 Å². The van der Waals surface area contributed by atoms with E-state index in [0.717, 1.165) is 12.1 Å². The molecule has 0 fully saturated rings. The fourth-order valence-corrected chi connectivity index (χ4v) is 1.14. The van der Waals surface area contributed by atoms with Gasteiger partial charge in [0, 0.05) is 25.3 Å². The average Bonchev–Trinajstić information content (AvgIpc) is 2.62. The largest absolute Gasteiger partial charge is 0.353 e. The van der Waals surface area contributed by atoms with Crippen LogP contribution >= 0.6 is 0 Å². The molecule has 0 aliphatic carbocycles. The molecule has 0 aromatic carbocycles. The van der Waals surface area contributed by atoms with Gasteiger partial charge in [0.2, 0.25) is 0 Å². The first-order valence-electron chi connectivity index (χ1n) is 4.29. The molecular formula is C9H14N4. The minimum atomic E-state index is 0.238. The van der Waals surface area contributed by atoms with E-state index in [1.54, 1.807) is 0 Å². The van der Waals surface area contributed by atoms with Crippen molar-refractivity contribution in [2.24, 2.45) is 5.73 Å². The van der Waals surface area contributed by atoms with E-state index in [2.05, 4.69) is 16.4 Å². The van der Waals surface area contributed by atoms with Crippen molar-refractivity contribution in [1.82, 2.24) is 10.3 Å². The van der Waals surface area contributed by atoms with Crippen molar-refractivity contribution in [2.45, 2.75) is 13.0 Å². The molecule has 1 rings (SSSR count). The summed E-state index contributed by atoms with van der Waals surface area (Å²) in [4.78, 5) is 2.88. The number of hydrogen-bond acceptors (Lipinski definition) is 3. The molecule has 0 saturated heterocycles. The molecule has 0 saturated carbocycles. The van der Waals surface area contributed by atoms with Crippen LogP contribution in [-0.2, 0) is 0 Å². The topological polar surface area (TPSA) is 77.6 Å². The van der Waals surface area contributed by atoms with Crippen molar-refractivity contribution < 1.29 is 0 Å². The van der Waals surface area contributed by atoms with Crippen LogP contribution in [0.2, 0.25) is 0 Å². The second kappa shape index (κ2) is 4.65. The molecule has 1 aromatic heterocycles. The molecule has 1 unspecified atom stereocenters. The molecule has 0 radical (unpaired) electrons. The van der Waals surface area contributed by atoms with Crippen molar-refractivity contribution >= 4 is 0 Å². The Bertz CT molecular complexity index is 297. The molecule has 4 heteroatoms. The summed E-state index contributed by atoms with van der Waals surface area (Å²) in [6.45, 7) is 3.45. The zero-order valence-electron chi connectivity index (χ0n) is 7.67. The smallest absolute Gasteiger partial charge is 0.117 e. The molecule has 0 aliphatic rings. The van der Waals surface area contributed by atoms with Crippen LogP contribution in [0.1, 0.15) is 24.2 Å². The van der Waals surface area contributed by atoms with Gasteiger partial charge in [0.1, 0.15) is 11.8 Å². The molecule has 1 aromatic rings. The van der Waals surface area contributed by atoms with Crippen LogP contribution in [0.5, 0.6) is 0 Å². The fourth-order valence-electron chi connectivity index (χ4n) is 1.14. The lowest BCUT2D eigenvalue weighted by atomic mass is 10.2. The van der Waals surface area contributed by atoms with Gasteiger partial charge in [-0.3, -0.25) is 0 Å². The summed E-state index contributed by atoms with van der Waals surface area (Å²) in [5.74, 6) is 0. The van der Waals surface area contributed by atoms with Crippen LogP contribution < -0.4 is 11.1 Å². The summed E-state index contributed by atoms with van der Waals surface area (Å²) >= 11 is 0. The lowest BCUT2D eigenvalue weighted by molar-refractivity contribution is 0.583. The van der Waals surface area contributed by atoms with Crippen molar-refractivity contribution in [2.75, 3.05) is 13.1 Å². The first-order valence-corrected chi connectivity index (χ1v) is 4.29. The van der Waals surface area contributed by atoms with Crippen LogP contribution in [0.3, 0.4) is 0 Å². The molecule has 1 heterocycles. The normalized spacial score (nSPS) is 12.4. The Morgan fingerprint density at radius 1 is 1.77 bits per heavy atom. The minimum Gasteiger partial charge on any atom is -0.353 e. The fraction of sp³-hybridized carbons (Fsp3) is 0.444. The molecule has 0 amide bonds. The summed E-state index contributed by atoms with van der Waals surface area (Å²) in [6.07, 6.45) is 1.84. The number of rotatable bonds is 4.